The van der Waals surface area contributed by atoms with Crippen LogP contribution in [0, 0.1) is 5.82 Å². The number of amides is 1. The molecule has 0 aliphatic rings. The summed E-state index contributed by atoms with van der Waals surface area (Å²) in [6.07, 6.45) is -4.24. The molecule has 0 saturated heterocycles. The van der Waals surface area contributed by atoms with Crippen molar-refractivity contribution in [3.05, 3.63) is 57.5 Å². The second-order valence-corrected chi connectivity index (χ2v) is 5.11. The van der Waals surface area contributed by atoms with Crippen molar-refractivity contribution in [2.45, 2.75) is 12.6 Å². The molecule has 0 bridgehead atoms. The Kier molecular flexibility index (Phi) is 4.62. The highest BCUT2D eigenvalue weighted by atomic mass is 32.1. The van der Waals surface area contributed by atoms with E-state index < -0.39 is 23.5 Å². The number of benzene rings is 1. The number of hydrogen-bond acceptors (Lipinski definition) is 2. The average molecular weight is 317 g/mol. The number of alkyl halides is 3. The highest BCUT2D eigenvalue weighted by Crippen LogP contribution is 2.31. The lowest BCUT2D eigenvalue weighted by Gasteiger charge is -2.10. The maximum Gasteiger partial charge on any atom is 0.419 e. The monoisotopic (exact) mass is 317 g/mol. The van der Waals surface area contributed by atoms with Crippen molar-refractivity contribution in [2.24, 2.45) is 0 Å². The zero-order valence-electron chi connectivity index (χ0n) is 10.7. The Bertz CT molecular complexity index is 622. The van der Waals surface area contributed by atoms with Crippen LogP contribution in [0.5, 0.6) is 0 Å². The van der Waals surface area contributed by atoms with Gasteiger partial charge in [-0.1, -0.05) is 0 Å². The number of carbonyl (C=O) groups is 1. The summed E-state index contributed by atoms with van der Waals surface area (Å²) in [6, 6.07) is 4.10. The second kappa shape index (κ2) is 6.26. The first-order valence-corrected chi connectivity index (χ1v) is 6.98. The van der Waals surface area contributed by atoms with E-state index in [1.54, 1.807) is 0 Å². The summed E-state index contributed by atoms with van der Waals surface area (Å²) >= 11 is 1.52. The lowest BCUT2D eigenvalue weighted by Crippen LogP contribution is -2.26. The Labute approximate surface area is 122 Å². The van der Waals surface area contributed by atoms with Crippen LogP contribution in [0.3, 0.4) is 0 Å². The fourth-order valence-corrected chi connectivity index (χ4v) is 2.44. The summed E-state index contributed by atoms with van der Waals surface area (Å²) in [5.74, 6) is -2.05. The van der Waals surface area contributed by atoms with Gasteiger partial charge in [-0.25, -0.2) is 4.39 Å². The molecule has 7 heteroatoms. The fourth-order valence-electron chi connectivity index (χ4n) is 1.74. The van der Waals surface area contributed by atoms with Crippen molar-refractivity contribution in [1.29, 1.82) is 0 Å². The van der Waals surface area contributed by atoms with Gasteiger partial charge >= 0.3 is 6.18 Å². The fraction of sp³-hybridized carbons (Fsp3) is 0.214. The van der Waals surface area contributed by atoms with Crippen LogP contribution in [0.1, 0.15) is 21.5 Å². The molecular weight excluding hydrogens is 306 g/mol. The van der Waals surface area contributed by atoms with Crippen LogP contribution >= 0.6 is 11.3 Å². The molecular formula is C14H11F4NOS. The summed E-state index contributed by atoms with van der Waals surface area (Å²) in [7, 11) is 0. The summed E-state index contributed by atoms with van der Waals surface area (Å²) in [5, 5.41) is 6.33. The molecule has 0 saturated carbocycles. The van der Waals surface area contributed by atoms with Crippen molar-refractivity contribution in [1.82, 2.24) is 5.32 Å². The summed E-state index contributed by atoms with van der Waals surface area (Å²) < 4.78 is 50.8. The molecule has 1 aromatic carbocycles. The molecule has 1 heterocycles. The number of rotatable bonds is 4. The van der Waals surface area contributed by atoms with E-state index in [2.05, 4.69) is 5.32 Å². The molecule has 21 heavy (non-hydrogen) atoms. The van der Waals surface area contributed by atoms with E-state index in [-0.39, 0.29) is 5.56 Å². The quantitative estimate of drug-likeness (QED) is 0.852. The highest BCUT2D eigenvalue weighted by Gasteiger charge is 2.34. The molecule has 112 valence electrons. The minimum Gasteiger partial charge on any atom is -0.352 e. The van der Waals surface area contributed by atoms with E-state index in [1.807, 2.05) is 16.8 Å². The normalized spacial score (nSPS) is 11.4. The SMILES string of the molecule is O=C(NCCc1ccsc1)c1ccc(F)c(C(F)(F)F)c1. The smallest absolute Gasteiger partial charge is 0.352 e. The van der Waals surface area contributed by atoms with Crippen LogP contribution < -0.4 is 5.32 Å². The van der Waals surface area contributed by atoms with Gasteiger partial charge in [0.2, 0.25) is 0 Å². The maximum absolute atomic E-state index is 13.1. The van der Waals surface area contributed by atoms with Crippen LogP contribution in [-0.2, 0) is 12.6 Å². The Morgan fingerprint density at radius 1 is 1.24 bits per heavy atom. The first-order valence-electron chi connectivity index (χ1n) is 6.04. The standard InChI is InChI=1S/C14H11F4NOS/c15-12-2-1-10(7-11(12)14(16,17)18)13(20)19-5-3-9-4-6-21-8-9/h1-2,4,6-8H,3,5H2,(H,19,20). The van der Waals surface area contributed by atoms with Gasteiger partial charge in [0.25, 0.3) is 5.91 Å². The molecule has 1 N–H and O–H groups in total. The van der Waals surface area contributed by atoms with Crippen molar-refractivity contribution >= 4 is 17.2 Å². The average Bonchev–Trinajstić information content (AvgIpc) is 2.91. The lowest BCUT2D eigenvalue weighted by molar-refractivity contribution is -0.140. The molecule has 0 unspecified atom stereocenters. The first kappa shape index (κ1) is 15.5. The van der Waals surface area contributed by atoms with Gasteiger partial charge in [0, 0.05) is 12.1 Å². The van der Waals surface area contributed by atoms with Gasteiger partial charge in [-0.3, -0.25) is 4.79 Å². The molecule has 0 aliphatic heterocycles. The number of nitrogens with one attached hydrogen (secondary N) is 1. The number of carbonyl (C=O) groups excluding carboxylic acids is 1. The van der Waals surface area contributed by atoms with Gasteiger partial charge in [0.15, 0.2) is 0 Å². The molecule has 2 aromatic rings. The van der Waals surface area contributed by atoms with Crippen LogP contribution in [0.4, 0.5) is 17.6 Å². The molecule has 0 spiro atoms. The van der Waals surface area contributed by atoms with Crippen LogP contribution in [0.25, 0.3) is 0 Å². The number of thiophene rings is 1. The summed E-state index contributed by atoms with van der Waals surface area (Å²) in [5.41, 5.74) is -0.614. The van der Waals surface area contributed by atoms with Gasteiger partial charge < -0.3 is 5.32 Å². The molecule has 2 nitrogen and oxygen atoms in total. The van der Waals surface area contributed by atoms with Crippen molar-refractivity contribution in [3.8, 4) is 0 Å². The highest BCUT2D eigenvalue weighted by molar-refractivity contribution is 7.07. The molecule has 0 atom stereocenters. The zero-order chi connectivity index (χ0) is 15.5. The van der Waals surface area contributed by atoms with Gasteiger partial charge in [0.05, 0.1) is 5.56 Å². The minimum atomic E-state index is -4.82. The molecule has 0 fully saturated rings. The van der Waals surface area contributed by atoms with Crippen LogP contribution in [0.15, 0.2) is 35.0 Å². The summed E-state index contributed by atoms with van der Waals surface area (Å²) in [6.45, 7) is 0.300. The van der Waals surface area contributed by atoms with Gasteiger partial charge in [-0.05, 0) is 47.0 Å². The number of hydrogen-bond donors (Lipinski definition) is 1. The largest absolute Gasteiger partial charge is 0.419 e. The molecule has 1 amide bonds. The third-order valence-electron chi connectivity index (χ3n) is 2.81. The second-order valence-electron chi connectivity index (χ2n) is 4.33. The third kappa shape index (κ3) is 4.04. The Morgan fingerprint density at radius 3 is 2.62 bits per heavy atom. The van der Waals surface area contributed by atoms with E-state index in [1.165, 1.54) is 11.3 Å². The Morgan fingerprint density at radius 2 is 2.00 bits per heavy atom. The topological polar surface area (TPSA) is 29.1 Å². The third-order valence-corrected chi connectivity index (χ3v) is 3.55. The van der Waals surface area contributed by atoms with Crippen molar-refractivity contribution in [3.63, 3.8) is 0 Å². The zero-order valence-corrected chi connectivity index (χ0v) is 11.5. The van der Waals surface area contributed by atoms with Gasteiger partial charge in [-0.2, -0.15) is 24.5 Å². The summed E-state index contributed by atoms with van der Waals surface area (Å²) in [4.78, 5) is 11.8. The van der Waals surface area contributed by atoms with Crippen molar-refractivity contribution in [2.75, 3.05) is 6.54 Å². The molecule has 1 aromatic heterocycles. The Balaban J connectivity index is 2.02. The van der Waals surface area contributed by atoms with E-state index in [4.69, 9.17) is 0 Å². The maximum atomic E-state index is 13.1. The molecule has 2 rings (SSSR count). The van der Waals surface area contributed by atoms with E-state index in [0.717, 1.165) is 11.6 Å². The van der Waals surface area contributed by atoms with Gasteiger partial charge in [0.1, 0.15) is 5.82 Å². The first-order chi connectivity index (χ1) is 9.88. The molecule has 0 radical (unpaired) electrons. The van der Waals surface area contributed by atoms with Crippen LogP contribution in [0.2, 0.25) is 0 Å². The predicted octanol–water partition coefficient (Wildman–Crippen LogP) is 3.88. The van der Waals surface area contributed by atoms with E-state index in [0.29, 0.717) is 25.1 Å². The molecule has 0 aliphatic carbocycles. The van der Waals surface area contributed by atoms with E-state index in [9.17, 15) is 22.4 Å². The lowest BCUT2D eigenvalue weighted by atomic mass is 10.1. The number of halogens is 4. The van der Waals surface area contributed by atoms with Gasteiger partial charge in [-0.15, -0.1) is 0 Å². The Hall–Kier alpha value is -1.89. The van der Waals surface area contributed by atoms with Crippen LogP contribution in [-0.4, -0.2) is 12.5 Å². The predicted molar refractivity (Wildman–Crippen MR) is 71.8 cm³/mol. The minimum absolute atomic E-state index is 0.214. The van der Waals surface area contributed by atoms with Crippen molar-refractivity contribution < 1.29 is 22.4 Å². The van der Waals surface area contributed by atoms with E-state index >= 15 is 0 Å².